The summed E-state index contributed by atoms with van der Waals surface area (Å²) in [4.78, 5) is 28.6. The van der Waals surface area contributed by atoms with E-state index in [0.29, 0.717) is 5.56 Å². The molecule has 0 aliphatic carbocycles. The first-order valence-electron chi connectivity index (χ1n) is 12.2. The number of benzene rings is 3. The Balaban J connectivity index is 2.06. The molecule has 0 radical (unpaired) electrons. The number of anilines is 1. The molecule has 1 N–H and O–H groups in total. The average Bonchev–Trinajstić information content (AvgIpc) is 2.87. The van der Waals surface area contributed by atoms with Crippen LogP contribution in [0.2, 0.25) is 5.02 Å². The summed E-state index contributed by atoms with van der Waals surface area (Å²) in [5.74, 6) is -2.33. The fourth-order valence-electron chi connectivity index (χ4n) is 3.98. The second-order valence-corrected chi connectivity index (χ2v) is 11.7. The summed E-state index contributed by atoms with van der Waals surface area (Å²) in [6, 6.07) is 16.6. The van der Waals surface area contributed by atoms with Crippen molar-refractivity contribution in [3.05, 3.63) is 101 Å². The number of nitrogens with one attached hydrogen (secondary N) is 1. The number of amides is 2. The fourth-order valence-corrected chi connectivity index (χ4v) is 4.99. The van der Waals surface area contributed by atoms with Crippen molar-refractivity contribution in [2.75, 3.05) is 17.1 Å². The van der Waals surface area contributed by atoms with Crippen molar-refractivity contribution in [3.8, 4) is 0 Å². The lowest BCUT2D eigenvalue weighted by Gasteiger charge is -2.34. The van der Waals surface area contributed by atoms with Crippen LogP contribution in [0.25, 0.3) is 0 Å². The molecule has 208 valence electrons. The maximum absolute atomic E-state index is 13.9. The number of nitrogens with zero attached hydrogens (tertiary/aromatic N) is 2. The van der Waals surface area contributed by atoms with Gasteiger partial charge in [-0.1, -0.05) is 54.1 Å². The maximum atomic E-state index is 13.9. The highest BCUT2D eigenvalue weighted by molar-refractivity contribution is 7.92. The van der Waals surface area contributed by atoms with Crippen LogP contribution in [0.4, 0.5) is 14.5 Å². The van der Waals surface area contributed by atoms with Crippen LogP contribution >= 0.6 is 11.6 Å². The average molecular weight is 578 g/mol. The molecule has 1 atom stereocenters. The molecule has 39 heavy (non-hydrogen) atoms. The quantitative estimate of drug-likeness (QED) is 0.362. The summed E-state index contributed by atoms with van der Waals surface area (Å²) in [5, 5.41) is 2.53. The predicted molar refractivity (Wildman–Crippen MR) is 148 cm³/mol. The van der Waals surface area contributed by atoms with Crippen LogP contribution < -0.4 is 9.62 Å². The second-order valence-electron chi connectivity index (χ2n) is 9.38. The van der Waals surface area contributed by atoms with Gasteiger partial charge in [-0.15, -0.1) is 0 Å². The van der Waals surface area contributed by atoms with Gasteiger partial charge in [-0.05, 0) is 55.3 Å². The molecular formula is C28H30ClF2N3O4S. The molecule has 0 heterocycles. The molecule has 0 saturated carbocycles. The van der Waals surface area contributed by atoms with Gasteiger partial charge in [0.25, 0.3) is 0 Å². The summed E-state index contributed by atoms with van der Waals surface area (Å²) in [6.07, 6.45) is 1.06. The van der Waals surface area contributed by atoms with Crippen molar-refractivity contribution < 1.29 is 26.8 Å². The molecule has 7 nitrogen and oxygen atoms in total. The van der Waals surface area contributed by atoms with E-state index in [1.165, 1.54) is 35.2 Å². The minimum atomic E-state index is -4.02. The first kappa shape index (κ1) is 30.0. The number of hydrogen-bond donors (Lipinski definition) is 1. The summed E-state index contributed by atoms with van der Waals surface area (Å²) in [6.45, 7) is 2.80. The van der Waals surface area contributed by atoms with E-state index in [1.807, 2.05) is 30.3 Å². The van der Waals surface area contributed by atoms with Crippen molar-refractivity contribution in [1.82, 2.24) is 10.2 Å². The highest BCUT2D eigenvalue weighted by Crippen LogP contribution is 2.25. The summed E-state index contributed by atoms with van der Waals surface area (Å²) in [7, 11) is -4.02. The van der Waals surface area contributed by atoms with Crippen molar-refractivity contribution >= 4 is 39.1 Å². The smallest absolute Gasteiger partial charge is 0.244 e. The fraction of sp³-hybridized carbons (Fsp3) is 0.286. The van der Waals surface area contributed by atoms with Gasteiger partial charge in [0.05, 0.1) is 17.0 Å². The summed E-state index contributed by atoms with van der Waals surface area (Å²) >= 11 is 5.88. The van der Waals surface area contributed by atoms with E-state index in [1.54, 1.807) is 13.8 Å². The molecule has 3 aromatic carbocycles. The molecule has 3 aromatic rings. The Kier molecular flexibility index (Phi) is 10.0. The van der Waals surface area contributed by atoms with Crippen molar-refractivity contribution in [1.29, 1.82) is 0 Å². The molecule has 0 spiro atoms. The van der Waals surface area contributed by atoms with Crippen LogP contribution in [-0.2, 0) is 32.6 Å². The lowest BCUT2D eigenvalue weighted by Crippen LogP contribution is -2.54. The van der Waals surface area contributed by atoms with Gasteiger partial charge in [0.15, 0.2) is 0 Å². The monoisotopic (exact) mass is 577 g/mol. The Labute approximate surface area is 232 Å². The summed E-state index contributed by atoms with van der Waals surface area (Å²) in [5.41, 5.74) is 1.31. The van der Waals surface area contributed by atoms with Crippen LogP contribution in [-0.4, -0.2) is 50.0 Å². The van der Waals surface area contributed by atoms with E-state index in [2.05, 4.69) is 5.32 Å². The molecule has 3 rings (SSSR count). The number of carbonyl (C=O) groups excluding carboxylic acids is 2. The van der Waals surface area contributed by atoms with Crippen LogP contribution in [0.1, 0.15) is 25.0 Å². The van der Waals surface area contributed by atoms with E-state index in [9.17, 15) is 26.8 Å². The number of rotatable bonds is 11. The van der Waals surface area contributed by atoms with Crippen LogP contribution in [0, 0.1) is 11.6 Å². The number of sulfonamides is 1. The molecule has 2 amide bonds. The number of hydrogen-bond acceptors (Lipinski definition) is 4. The topological polar surface area (TPSA) is 86.8 Å². The van der Waals surface area contributed by atoms with E-state index in [0.717, 1.165) is 28.3 Å². The third-order valence-corrected chi connectivity index (χ3v) is 7.27. The Morgan fingerprint density at radius 2 is 1.59 bits per heavy atom. The lowest BCUT2D eigenvalue weighted by atomic mass is 10.0. The Bertz CT molecular complexity index is 1400. The van der Waals surface area contributed by atoms with Gasteiger partial charge in [0, 0.05) is 19.0 Å². The minimum Gasteiger partial charge on any atom is -0.352 e. The maximum Gasteiger partial charge on any atom is 0.244 e. The van der Waals surface area contributed by atoms with Gasteiger partial charge in [0.2, 0.25) is 21.8 Å². The first-order valence-corrected chi connectivity index (χ1v) is 14.4. The van der Waals surface area contributed by atoms with Gasteiger partial charge in [-0.25, -0.2) is 17.2 Å². The van der Waals surface area contributed by atoms with Gasteiger partial charge < -0.3 is 10.2 Å². The highest BCUT2D eigenvalue weighted by atomic mass is 35.5. The van der Waals surface area contributed by atoms with Gasteiger partial charge in [-0.3, -0.25) is 13.9 Å². The molecule has 0 bridgehead atoms. The zero-order valence-corrected chi connectivity index (χ0v) is 23.3. The van der Waals surface area contributed by atoms with E-state index < -0.39 is 46.1 Å². The standard InChI is InChI=1S/C28H30ClF2N3O4S/c1-19(2)32-28(36)26(15-20-7-5-4-6-8-20)33(17-21-9-11-22(30)12-10-21)27(35)18-34(39(3,37)38)23-13-14-25(31)24(29)16-23/h4-14,16,19,26H,15,17-18H2,1-3H3,(H,32,36). The molecule has 0 saturated heterocycles. The van der Waals surface area contributed by atoms with Crippen molar-refractivity contribution in [2.24, 2.45) is 0 Å². The lowest BCUT2D eigenvalue weighted by molar-refractivity contribution is -0.140. The van der Waals surface area contributed by atoms with E-state index >= 15 is 0 Å². The van der Waals surface area contributed by atoms with Crippen molar-refractivity contribution in [3.63, 3.8) is 0 Å². The molecule has 0 aliphatic rings. The molecule has 0 fully saturated rings. The zero-order valence-electron chi connectivity index (χ0n) is 21.8. The van der Waals surface area contributed by atoms with E-state index in [-0.39, 0.29) is 29.7 Å². The zero-order chi connectivity index (χ0) is 28.7. The highest BCUT2D eigenvalue weighted by Gasteiger charge is 2.33. The predicted octanol–water partition coefficient (Wildman–Crippen LogP) is 4.55. The first-order chi connectivity index (χ1) is 18.3. The van der Waals surface area contributed by atoms with Gasteiger partial charge in [0.1, 0.15) is 24.2 Å². The van der Waals surface area contributed by atoms with E-state index in [4.69, 9.17) is 11.6 Å². The summed E-state index contributed by atoms with van der Waals surface area (Å²) < 4.78 is 53.6. The molecule has 1 unspecified atom stereocenters. The third-order valence-electron chi connectivity index (χ3n) is 5.84. The Morgan fingerprint density at radius 1 is 0.949 bits per heavy atom. The molecule has 0 aliphatic heterocycles. The second kappa shape index (κ2) is 13.0. The molecule has 0 aromatic heterocycles. The minimum absolute atomic E-state index is 0.00905. The normalized spacial score (nSPS) is 12.2. The van der Waals surface area contributed by atoms with Gasteiger partial charge >= 0.3 is 0 Å². The van der Waals surface area contributed by atoms with Crippen LogP contribution in [0.3, 0.4) is 0 Å². The number of carbonyl (C=O) groups is 2. The third kappa shape index (κ3) is 8.49. The molecular weight excluding hydrogens is 548 g/mol. The SMILES string of the molecule is CC(C)NC(=O)C(Cc1ccccc1)N(Cc1ccc(F)cc1)C(=O)CN(c1ccc(F)c(Cl)c1)S(C)(=O)=O. The number of halogens is 3. The molecule has 11 heteroatoms. The Hall–Kier alpha value is -3.50. The van der Waals surface area contributed by atoms with Gasteiger partial charge in [-0.2, -0.15) is 0 Å². The Morgan fingerprint density at radius 3 is 2.15 bits per heavy atom. The van der Waals surface area contributed by atoms with Crippen LogP contribution in [0.15, 0.2) is 72.8 Å². The van der Waals surface area contributed by atoms with Crippen LogP contribution in [0.5, 0.6) is 0 Å². The van der Waals surface area contributed by atoms with Crippen molar-refractivity contribution in [2.45, 2.75) is 38.9 Å². The largest absolute Gasteiger partial charge is 0.352 e.